The molecule has 0 aliphatic rings. The number of aryl methyl sites for hydroxylation is 3. The second-order valence-corrected chi connectivity index (χ2v) is 7.36. The van der Waals surface area contributed by atoms with Gasteiger partial charge in [-0.3, -0.25) is 9.78 Å². The molecule has 2 heterocycles. The maximum Gasteiger partial charge on any atom is 0.267 e. The topological polar surface area (TPSA) is 58.1 Å². The Labute approximate surface area is 157 Å². The summed E-state index contributed by atoms with van der Waals surface area (Å²) in [6.07, 6.45) is 5.30. The highest BCUT2D eigenvalue weighted by molar-refractivity contribution is 7.13. The van der Waals surface area contributed by atoms with Gasteiger partial charge in [0.2, 0.25) is 0 Å². The molecule has 6 heteroatoms. The molecule has 1 aromatic carbocycles. The molecule has 134 valence electrons. The van der Waals surface area contributed by atoms with Crippen molar-refractivity contribution < 1.29 is 4.79 Å². The summed E-state index contributed by atoms with van der Waals surface area (Å²) in [7, 11) is 3.98. The van der Waals surface area contributed by atoms with Crippen molar-refractivity contribution in [3.05, 3.63) is 69.9 Å². The fourth-order valence-corrected chi connectivity index (χ4v) is 3.56. The van der Waals surface area contributed by atoms with Gasteiger partial charge in [-0.1, -0.05) is 0 Å². The minimum absolute atomic E-state index is 0.104. The Balaban J connectivity index is 1.65. The van der Waals surface area contributed by atoms with Crippen LogP contribution in [0, 0.1) is 6.92 Å². The SMILES string of the molecule is Cc1nc(CCc2ccncc2)sc1C(=O)Nc1ccc(N(C)C)cc1. The molecule has 2 aromatic heterocycles. The summed E-state index contributed by atoms with van der Waals surface area (Å²) in [4.78, 5) is 23.9. The van der Waals surface area contributed by atoms with Crippen LogP contribution >= 0.6 is 11.3 Å². The first-order valence-corrected chi connectivity index (χ1v) is 9.28. The molecule has 3 rings (SSSR count). The highest BCUT2D eigenvalue weighted by Gasteiger charge is 2.15. The molecule has 0 fully saturated rings. The monoisotopic (exact) mass is 366 g/mol. The normalized spacial score (nSPS) is 10.6. The van der Waals surface area contributed by atoms with Crippen LogP contribution in [0.1, 0.15) is 25.9 Å². The maximum atomic E-state index is 12.6. The molecular weight excluding hydrogens is 344 g/mol. The summed E-state index contributed by atoms with van der Waals surface area (Å²) >= 11 is 1.47. The summed E-state index contributed by atoms with van der Waals surface area (Å²) in [6.45, 7) is 1.89. The van der Waals surface area contributed by atoms with E-state index in [1.165, 1.54) is 16.9 Å². The Bertz CT molecular complexity index is 873. The number of carbonyl (C=O) groups is 1. The van der Waals surface area contributed by atoms with E-state index in [0.29, 0.717) is 4.88 Å². The number of nitrogens with zero attached hydrogens (tertiary/aromatic N) is 3. The Kier molecular flexibility index (Phi) is 5.63. The molecule has 0 radical (unpaired) electrons. The van der Waals surface area contributed by atoms with Crippen molar-refractivity contribution in [3.8, 4) is 0 Å². The van der Waals surface area contributed by atoms with Crippen LogP contribution in [0.15, 0.2) is 48.8 Å². The third-order valence-corrected chi connectivity index (χ3v) is 5.28. The zero-order valence-electron chi connectivity index (χ0n) is 15.2. The van der Waals surface area contributed by atoms with Crippen molar-refractivity contribution in [2.75, 3.05) is 24.3 Å². The molecular formula is C20H22N4OS. The van der Waals surface area contributed by atoms with Crippen molar-refractivity contribution in [2.45, 2.75) is 19.8 Å². The maximum absolute atomic E-state index is 12.6. The van der Waals surface area contributed by atoms with E-state index in [0.717, 1.165) is 34.9 Å². The van der Waals surface area contributed by atoms with E-state index in [4.69, 9.17) is 0 Å². The molecule has 0 atom stereocenters. The van der Waals surface area contributed by atoms with Crippen LogP contribution in [-0.4, -0.2) is 30.0 Å². The van der Waals surface area contributed by atoms with Gasteiger partial charge in [0, 0.05) is 44.3 Å². The van der Waals surface area contributed by atoms with Crippen LogP contribution in [0.4, 0.5) is 11.4 Å². The minimum Gasteiger partial charge on any atom is -0.378 e. The number of carbonyl (C=O) groups excluding carboxylic acids is 1. The first-order chi connectivity index (χ1) is 12.5. The molecule has 26 heavy (non-hydrogen) atoms. The van der Waals surface area contributed by atoms with Crippen LogP contribution in [0.2, 0.25) is 0 Å². The van der Waals surface area contributed by atoms with Gasteiger partial charge < -0.3 is 10.2 Å². The van der Waals surface area contributed by atoms with Gasteiger partial charge >= 0.3 is 0 Å². The van der Waals surface area contributed by atoms with Crippen molar-refractivity contribution in [2.24, 2.45) is 0 Å². The van der Waals surface area contributed by atoms with Crippen molar-refractivity contribution in [3.63, 3.8) is 0 Å². The second-order valence-electron chi connectivity index (χ2n) is 6.27. The molecule has 0 spiro atoms. The Morgan fingerprint density at radius 2 is 1.77 bits per heavy atom. The lowest BCUT2D eigenvalue weighted by atomic mass is 10.1. The third kappa shape index (κ3) is 4.46. The molecule has 0 saturated carbocycles. The predicted molar refractivity (Wildman–Crippen MR) is 107 cm³/mol. The average molecular weight is 366 g/mol. The largest absolute Gasteiger partial charge is 0.378 e. The highest BCUT2D eigenvalue weighted by Crippen LogP contribution is 2.22. The van der Waals surface area contributed by atoms with Gasteiger partial charge in [-0.2, -0.15) is 0 Å². The lowest BCUT2D eigenvalue weighted by Crippen LogP contribution is -2.12. The third-order valence-electron chi connectivity index (χ3n) is 4.07. The lowest BCUT2D eigenvalue weighted by molar-refractivity contribution is 0.103. The number of nitrogens with one attached hydrogen (secondary N) is 1. The first kappa shape index (κ1) is 18.1. The molecule has 0 aliphatic heterocycles. The van der Waals surface area contributed by atoms with Crippen molar-refractivity contribution in [1.82, 2.24) is 9.97 Å². The second kappa shape index (κ2) is 8.10. The highest BCUT2D eigenvalue weighted by atomic mass is 32.1. The number of hydrogen-bond donors (Lipinski definition) is 1. The standard InChI is InChI=1S/C20H22N4OS/c1-14-19(20(25)23-16-5-7-17(8-6-16)24(2)3)26-18(22-14)9-4-15-10-12-21-13-11-15/h5-8,10-13H,4,9H2,1-3H3,(H,23,25). The van der Waals surface area contributed by atoms with Gasteiger partial charge in [0.05, 0.1) is 10.7 Å². The molecule has 0 unspecified atom stereocenters. The fraction of sp³-hybridized carbons (Fsp3) is 0.250. The van der Waals surface area contributed by atoms with Gasteiger partial charge in [-0.15, -0.1) is 11.3 Å². The summed E-state index contributed by atoms with van der Waals surface area (Å²) < 4.78 is 0. The van der Waals surface area contributed by atoms with E-state index in [-0.39, 0.29) is 5.91 Å². The van der Waals surface area contributed by atoms with Crippen molar-refractivity contribution in [1.29, 1.82) is 0 Å². The molecule has 0 aliphatic carbocycles. The quantitative estimate of drug-likeness (QED) is 0.718. The lowest BCUT2D eigenvalue weighted by Gasteiger charge is -2.12. The van der Waals surface area contributed by atoms with Gasteiger partial charge in [-0.05, 0) is 55.3 Å². The number of benzene rings is 1. The number of aromatic nitrogens is 2. The van der Waals surface area contributed by atoms with Gasteiger partial charge in [-0.25, -0.2) is 4.98 Å². The minimum atomic E-state index is -0.104. The molecule has 0 saturated heterocycles. The van der Waals surface area contributed by atoms with Crippen LogP contribution in [0.3, 0.4) is 0 Å². The van der Waals surface area contributed by atoms with Crippen molar-refractivity contribution >= 4 is 28.6 Å². The number of rotatable bonds is 6. The molecule has 1 N–H and O–H groups in total. The van der Waals surface area contributed by atoms with Crippen LogP contribution < -0.4 is 10.2 Å². The van der Waals surface area contributed by atoms with E-state index >= 15 is 0 Å². The summed E-state index contributed by atoms with van der Waals surface area (Å²) in [6, 6.07) is 11.8. The molecule has 1 amide bonds. The van der Waals surface area contributed by atoms with Crippen LogP contribution in [0.25, 0.3) is 0 Å². The zero-order valence-corrected chi connectivity index (χ0v) is 16.0. The Hall–Kier alpha value is -2.73. The van der Waals surface area contributed by atoms with Crippen LogP contribution in [-0.2, 0) is 12.8 Å². The van der Waals surface area contributed by atoms with E-state index in [2.05, 4.69) is 15.3 Å². The first-order valence-electron chi connectivity index (χ1n) is 8.47. The summed E-state index contributed by atoms with van der Waals surface area (Å²) in [5.41, 5.74) is 3.88. The molecule has 5 nitrogen and oxygen atoms in total. The van der Waals surface area contributed by atoms with E-state index in [1.54, 1.807) is 12.4 Å². The predicted octanol–water partition coefficient (Wildman–Crippen LogP) is 3.95. The molecule has 3 aromatic rings. The summed E-state index contributed by atoms with van der Waals surface area (Å²) in [5.74, 6) is -0.104. The van der Waals surface area contributed by atoms with Gasteiger partial charge in [0.1, 0.15) is 4.88 Å². The van der Waals surface area contributed by atoms with Gasteiger partial charge in [0.25, 0.3) is 5.91 Å². The number of hydrogen-bond acceptors (Lipinski definition) is 5. The van der Waals surface area contributed by atoms with E-state index in [1.807, 2.05) is 62.3 Å². The number of pyridine rings is 1. The molecule has 0 bridgehead atoms. The fourth-order valence-electron chi connectivity index (χ4n) is 2.60. The van der Waals surface area contributed by atoms with Crippen LogP contribution in [0.5, 0.6) is 0 Å². The summed E-state index contributed by atoms with van der Waals surface area (Å²) in [5, 5.41) is 3.94. The number of anilines is 2. The Morgan fingerprint density at radius 3 is 2.42 bits per heavy atom. The number of amides is 1. The zero-order chi connectivity index (χ0) is 18.5. The van der Waals surface area contributed by atoms with Gasteiger partial charge in [0.15, 0.2) is 0 Å². The van der Waals surface area contributed by atoms with E-state index in [9.17, 15) is 4.79 Å². The smallest absolute Gasteiger partial charge is 0.267 e. The number of thiazole rings is 1. The Morgan fingerprint density at radius 1 is 1.08 bits per heavy atom. The van der Waals surface area contributed by atoms with E-state index < -0.39 is 0 Å². The average Bonchev–Trinajstić information content (AvgIpc) is 3.02.